The van der Waals surface area contributed by atoms with Crippen LogP contribution in [0, 0.1) is 0 Å². The summed E-state index contributed by atoms with van der Waals surface area (Å²) in [7, 11) is 1.89. The van der Waals surface area contributed by atoms with Crippen molar-refractivity contribution in [3.05, 3.63) is 77.9 Å². The van der Waals surface area contributed by atoms with E-state index in [0.717, 1.165) is 49.4 Å². The quantitative estimate of drug-likeness (QED) is 0.677. The van der Waals surface area contributed by atoms with Gasteiger partial charge in [0, 0.05) is 43.5 Å². The fourth-order valence-corrected chi connectivity index (χ4v) is 4.73. The van der Waals surface area contributed by atoms with E-state index in [0.29, 0.717) is 17.9 Å². The van der Waals surface area contributed by atoms with Crippen molar-refractivity contribution in [1.29, 1.82) is 0 Å². The highest BCUT2D eigenvalue weighted by Crippen LogP contribution is 2.41. The van der Waals surface area contributed by atoms with Gasteiger partial charge in [-0.3, -0.25) is 14.7 Å². The van der Waals surface area contributed by atoms with E-state index in [9.17, 15) is 4.79 Å². The molecule has 30 heavy (non-hydrogen) atoms. The Morgan fingerprint density at radius 1 is 1.00 bits per heavy atom. The van der Waals surface area contributed by atoms with Gasteiger partial charge in [0.1, 0.15) is 0 Å². The van der Waals surface area contributed by atoms with Crippen molar-refractivity contribution in [2.45, 2.75) is 24.8 Å². The second-order valence-corrected chi connectivity index (χ2v) is 8.36. The minimum absolute atomic E-state index is 0.0196. The maximum atomic E-state index is 12.8. The Morgan fingerprint density at radius 2 is 1.77 bits per heavy atom. The molecule has 3 aromatic rings. The summed E-state index contributed by atoms with van der Waals surface area (Å²) in [6.07, 6.45) is 5.51. The largest absolute Gasteiger partial charge is 0.341 e. The normalized spacial score (nSPS) is 18.4. The molecule has 152 valence electrons. The number of likely N-dealkylation sites (tertiary alicyclic amines) is 1. The second-order valence-electron chi connectivity index (χ2n) is 8.36. The van der Waals surface area contributed by atoms with Crippen LogP contribution in [0.4, 0.5) is 0 Å². The fourth-order valence-electron chi connectivity index (χ4n) is 4.73. The zero-order valence-corrected chi connectivity index (χ0v) is 17.2. The van der Waals surface area contributed by atoms with E-state index in [1.165, 1.54) is 0 Å². The van der Waals surface area contributed by atoms with Crippen LogP contribution in [0.15, 0.2) is 60.9 Å². The van der Waals surface area contributed by atoms with Gasteiger partial charge < -0.3 is 4.90 Å². The fraction of sp³-hybridized carbons (Fsp3) is 0.333. The molecule has 1 amide bonds. The molecule has 1 saturated heterocycles. The first-order valence-electron chi connectivity index (χ1n) is 10.5. The van der Waals surface area contributed by atoms with Crippen molar-refractivity contribution in [3.8, 4) is 11.4 Å². The lowest BCUT2D eigenvalue weighted by molar-refractivity contribution is 0.0623. The number of piperidine rings is 1. The third kappa shape index (κ3) is 3.37. The molecule has 0 bridgehead atoms. The number of carbonyl (C=O) groups excluding carboxylic acids is 1. The van der Waals surface area contributed by atoms with Crippen LogP contribution >= 0.6 is 0 Å². The molecule has 0 N–H and O–H groups in total. The maximum Gasteiger partial charge on any atom is 0.257 e. The number of aromatic nitrogens is 3. The van der Waals surface area contributed by atoms with E-state index < -0.39 is 0 Å². The number of amides is 1. The third-order valence-electron chi connectivity index (χ3n) is 6.36. The molecule has 2 aromatic heterocycles. The molecule has 1 spiro atoms. The maximum absolute atomic E-state index is 12.8. The Labute approximate surface area is 176 Å². The standard InChI is InChI=1S/C24H25N5O/c1-28-17-24(10-13-29(14-11-24)16-19-9-5-6-12-25-19)21-20(23(28)30)15-26-22(27-21)18-7-3-2-4-8-18/h2-9,12,15H,10-11,13-14,16-17H2,1H3. The molecule has 0 radical (unpaired) electrons. The number of hydrogen-bond acceptors (Lipinski definition) is 5. The predicted molar refractivity (Wildman–Crippen MR) is 115 cm³/mol. The Morgan fingerprint density at radius 3 is 2.50 bits per heavy atom. The Kier molecular flexibility index (Phi) is 4.79. The number of fused-ring (bicyclic) bond motifs is 2. The topological polar surface area (TPSA) is 62.2 Å². The van der Waals surface area contributed by atoms with Crippen LogP contribution in [-0.4, -0.2) is 57.3 Å². The summed E-state index contributed by atoms with van der Waals surface area (Å²) in [5, 5.41) is 0. The highest BCUT2D eigenvalue weighted by molar-refractivity contribution is 5.96. The van der Waals surface area contributed by atoms with Crippen LogP contribution in [-0.2, 0) is 12.0 Å². The van der Waals surface area contributed by atoms with Gasteiger partial charge in [0.25, 0.3) is 5.91 Å². The molecule has 5 rings (SSSR count). The van der Waals surface area contributed by atoms with Crippen molar-refractivity contribution in [1.82, 2.24) is 24.8 Å². The van der Waals surface area contributed by atoms with Gasteiger partial charge in [-0.25, -0.2) is 9.97 Å². The molecule has 0 aliphatic carbocycles. The molecule has 6 nitrogen and oxygen atoms in total. The van der Waals surface area contributed by atoms with Crippen LogP contribution in [0.2, 0.25) is 0 Å². The lowest BCUT2D eigenvalue weighted by Gasteiger charge is -2.46. The molecule has 2 aliphatic rings. The van der Waals surface area contributed by atoms with Crippen molar-refractivity contribution < 1.29 is 4.79 Å². The van der Waals surface area contributed by atoms with E-state index in [-0.39, 0.29) is 11.3 Å². The molecule has 0 saturated carbocycles. The van der Waals surface area contributed by atoms with Gasteiger partial charge in [0.15, 0.2) is 5.82 Å². The van der Waals surface area contributed by atoms with Crippen molar-refractivity contribution in [3.63, 3.8) is 0 Å². The van der Waals surface area contributed by atoms with Crippen molar-refractivity contribution in [2.75, 3.05) is 26.7 Å². The van der Waals surface area contributed by atoms with Crippen LogP contribution in [0.5, 0.6) is 0 Å². The molecule has 6 heteroatoms. The minimum atomic E-state index is -0.120. The molecule has 2 aliphatic heterocycles. The van der Waals surface area contributed by atoms with Gasteiger partial charge in [0.2, 0.25) is 0 Å². The highest BCUT2D eigenvalue weighted by atomic mass is 16.2. The first-order chi connectivity index (χ1) is 14.6. The van der Waals surface area contributed by atoms with Gasteiger partial charge in [-0.15, -0.1) is 0 Å². The summed E-state index contributed by atoms with van der Waals surface area (Å²) in [6, 6.07) is 16.1. The number of likely N-dealkylation sites (N-methyl/N-ethyl adjacent to an activating group) is 1. The lowest BCUT2D eigenvalue weighted by atomic mass is 9.71. The lowest BCUT2D eigenvalue weighted by Crippen LogP contribution is -2.53. The summed E-state index contributed by atoms with van der Waals surface area (Å²) in [6.45, 7) is 3.49. The Hall–Kier alpha value is -3.12. The molecule has 1 fully saturated rings. The van der Waals surface area contributed by atoms with Crippen LogP contribution < -0.4 is 0 Å². The van der Waals surface area contributed by atoms with Gasteiger partial charge >= 0.3 is 0 Å². The smallest absolute Gasteiger partial charge is 0.257 e. The summed E-state index contributed by atoms with van der Waals surface area (Å²) >= 11 is 0. The van der Waals surface area contributed by atoms with Gasteiger partial charge in [-0.05, 0) is 38.1 Å². The number of hydrogen-bond donors (Lipinski definition) is 0. The molecule has 1 aromatic carbocycles. The van der Waals surface area contributed by atoms with E-state index in [1.807, 2.05) is 60.6 Å². The van der Waals surface area contributed by atoms with Crippen molar-refractivity contribution >= 4 is 5.91 Å². The monoisotopic (exact) mass is 399 g/mol. The minimum Gasteiger partial charge on any atom is -0.341 e. The van der Waals surface area contributed by atoms with Crippen LogP contribution in [0.25, 0.3) is 11.4 Å². The number of benzene rings is 1. The molecule has 4 heterocycles. The number of rotatable bonds is 3. The van der Waals surface area contributed by atoms with Gasteiger partial charge in [0.05, 0.1) is 17.0 Å². The molecular formula is C24H25N5O. The predicted octanol–water partition coefficient (Wildman–Crippen LogP) is 3.16. The average molecular weight is 399 g/mol. The van der Waals surface area contributed by atoms with E-state index in [2.05, 4.69) is 20.9 Å². The zero-order valence-electron chi connectivity index (χ0n) is 17.2. The molecular weight excluding hydrogens is 374 g/mol. The second kappa shape index (κ2) is 7.61. The van der Waals surface area contributed by atoms with Gasteiger partial charge in [-0.1, -0.05) is 36.4 Å². The molecule has 0 unspecified atom stereocenters. The van der Waals surface area contributed by atoms with Crippen molar-refractivity contribution in [2.24, 2.45) is 0 Å². The molecule has 0 atom stereocenters. The van der Waals surface area contributed by atoms with E-state index in [1.54, 1.807) is 6.20 Å². The van der Waals surface area contributed by atoms with E-state index in [4.69, 9.17) is 4.98 Å². The van der Waals surface area contributed by atoms with E-state index >= 15 is 0 Å². The SMILES string of the molecule is CN1CC2(CCN(Cc3ccccn3)CC2)c2nc(-c3ccccc3)ncc2C1=O. The average Bonchev–Trinajstić information content (AvgIpc) is 2.80. The van der Waals surface area contributed by atoms with Crippen LogP contribution in [0.3, 0.4) is 0 Å². The summed E-state index contributed by atoms with van der Waals surface area (Å²) < 4.78 is 0. The summed E-state index contributed by atoms with van der Waals surface area (Å²) in [5.74, 6) is 0.716. The number of carbonyl (C=O) groups is 1. The highest BCUT2D eigenvalue weighted by Gasteiger charge is 2.45. The third-order valence-corrected chi connectivity index (χ3v) is 6.36. The Bertz CT molecular complexity index is 1050. The summed E-state index contributed by atoms with van der Waals surface area (Å²) in [5.41, 5.74) is 3.54. The van der Waals surface area contributed by atoms with Crippen LogP contribution in [0.1, 0.15) is 34.6 Å². The number of nitrogens with zero attached hydrogens (tertiary/aromatic N) is 5. The number of pyridine rings is 1. The Balaban J connectivity index is 1.45. The zero-order chi connectivity index (χ0) is 20.6. The van der Waals surface area contributed by atoms with Gasteiger partial charge in [-0.2, -0.15) is 0 Å². The first kappa shape index (κ1) is 18.9. The first-order valence-corrected chi connectivity index (χ1v) is 10.5. The summed E-state index contributed by atoms with van der Waals surface area (Å²) in [4.78, 5) is 31.1.